The van der Waals surface area contributed by atoms with Crippen molar-refractivity contribution >= 4 is 22.9 Å². The van der Waals surface area contributed by atoms with E-state index in [2.05, 4.69) is 15.4 Å². The van der Waals surface area contributed by atoms with E-state index in [1.165, 1.54) is 15.9 Å². The number of nitrogen functional groups attached to an aromatic ring is 1. The van der Waals surface area contributed by atoms with Crippen LogP contribution < -0.4 is 22.7 Å². The smallest absolute Gasteiger partial charge is 0.369 e. The number of nitrogens with zero attached hydrogens (tertiary/aromatic N) is 5. The van der Waals surface area contributed by atoms with Crippen LogP contribution in [0.15, 0.2) is 31.9 Å². The molecule has 0 radical (unpaired) electrons. The molecule has 0 amide bonds. The van der Waals surface area contributed by atoms with Crippen LogP contribution in [0.2, 0.25) is 0 Å². The third-order valence-electron chi connectivity index (χ3n) is 4.02. The van der Waals surface area contributed by atoms with Gasteiger partial charge in [0.15, 0.2) is 5.78 Å². The van der Waals surface area contributed by atoms with Crippen molar-refractivity contribution in [3.05, 3.63) is 54.4 Å². The van der Waals surface area contributed by atoms with Gasteiger partial charge >= 0.3 is 11.4 Å². The molecule has 1 aliphatic carbocycles. The first-order valence-electron chi connectivity index (χ1n) is 7.71. The Morgan fingerprint density at radius 2 is 2.08 bits per heavy atom. The second-order valence-electron chi connectivity index (χ2n) is 5.83. The quantitative estimate of drug-likeness (QED) is 0.551. The summed E-state index contributed by atoms with van der Waals surface area (Å²) < 4.78 is 3.10. The Morgan fingerprint density at radius 1 is 1.31 bits per heavy atom. The number of ketones is 1. The zero-order chi connectivity index (χ0) is 18.4. The summed E-state index contributed by atoms with van der Waals surface area (Å²) in [7, 11) is 0. The minimum absolute atomic E-state index is 0.117. The van der Waals surface area contributed by atoms with Gasteiger partial charge in [-0.2, -0.15) is 9.36 Å². The van der Waals surface area contributed by atoms with Crippen molar-refractivity contribution in [2.24, 2.45) is 0 Å². The maximum absolute atomic E-state index is 12.6. The monoisotopic (exact) mass is 375 g/mol. The number of Topliss-reactive ketones (excluding diaryl/α,β-unsaturated/α-hetero) is 1. The van der Waals surface area contributed by atoms with Gasteiger partial charge in [-0.15, -0.1) is 11.3 Å². The normalized spacial score (nSPS) is 13.8. The third kappa shape index (κ3) is 2.60. The van der Waals surface area contributed by atoms with Crippen LogP contribution in [0.5, 0.6) is 0 Å². The number of aromatic nitrogens is 6. The van der Waals surface area contributed by atoms with Gasteiger partial charge in [-0.05, 0) is 40.8 Å². The lowest BCUT2D eigenvalue weighted by molar-refractivity contribution is 0.0964. The first-order valence-corrected chi connectivity index (χ1v) is 8.59. The lowest BCUT2D eigenvalue weighted by Crippen LogP contribution is -2.37. The molecule has 3 N–H and O–H groups in total. The summed E-state index contributed by atoms with van der Waals surface area (Å²) in [5.74, 6) is -0.913. The molecule has 0 spiro atoms. The largest absolute Gasteiger partial charge is 0.384 e. The Kier molecular flexibility index (Phi) is 3.68. The van der Waals surface area contributed by atoms with Crippen molar-refractivity contribution in [1.82, 2.24) is 29.3 Å². The molecule has 0 atom stereocenters. The average Bonchev–Trinajstić information content (AvgIpc) is 3.13. The van der Waals surface area contributed by atoms with Crippen molar-refractivity contribution < 1.29 is 4.79 Å². The van der Waals surface area contributed by atoms with E-state index in [4.69, 9.17) is 5.73 Å². The number of thiophene rings is 1. The summed E-state index contributed by atoms with van der Waals surface area (Å²) in [6.07, 6.45) is 1.50. The van der Waals surface area contributed by atoms with E-state index < -0.39 is 29.3 Å². The van der Waals surface area contributed by atoms with Gasteiger partial charge in [-0.25, -0.2) is 9.59 Å². The predicted octanol–water partition coefficient (Wildman–Crippen LogP) is -0.860. The summed E-state index contributed by atoms with van der Waals surface area (Å²) in [4.78, 5) is 51.0. The highest BCUT2D eigenvalue weighted by atomic mass is 32.1. The number of carbonyl (C=O) groups is 1. The number of nitrogens with one attached hydrogen (secondary N) is 1. The van der Waals surface area contributed by atoms with Gasteiger partial charge < -0.3 is 5.73 Å². The number of carbonyl (C=O) groups excluding carboxylic acids is 1. The zero-order valence-electron chi connectivity index (χ0n) is 13.3. The van der Waals surface area contributed by atoms with Gasteiger partial charge in [-0.1, -0.05) is 0 Å². The van der Waals surface area contributed by atoms with E-state index in [-0.39, 0.29) is 17.4 Å². The average molecular weight is 375 g/mol. The van der Waals surface area contributed by atoms with Crippen LogP contribution in [-0.2, 0) is 6.54 Å². The molecule has 0 bridgehead atoms. The first-order chi connectivity index (χ1) is 12.5. The molecule has 0 unspecified atom stereocenters. The molecule has 1 saturated carbocycles. The molecule has 3 aromatic rings. The molecule has 1 aliphatic rings. The maximum atomic E-state index is 12.6. The molecule has 11 nitrogen and oxygen atoms in total. The molecule has 1 fully saturated rings. The zero-order valence-corrected chi connectivity index (χ0v) is 14.1. The standard InChI is InChI=1S/C14H13N7O4S/c15-11-10(12(23)16-13(24)20(11)7-3-4-7)8(22)6-19-14(25)21(18-17-19)9-2-1-5-26-9/h1-2,5,7H,3-4,6,15H2,(H,16,23,24). The van der Waals surface area contributed by atoms with Gasteiger partial charge in [0, 0.05) is 6.04 Å². The van der Waals surface area contributed by atoms with Crippen molar-refractivity contribution in [2.75, 3.05) is 5.73 Å². The fourth-order valence-electron chi connectivity index (χ4n) is 2.65. The topological polar surface area (TPSA) is 151 Å². The van der Waals surface area contributed by atoms with Crippen molar-refractivity contribution in [3.63, 3.8) is 0 Å². The third-order valence-corrected chi connectivity index (χ3v) is 4.86. The number of anilines is 1. The van der Waals surface area contributed by atoms with Crippen LogP contribution in [0.1, 0.15) is 29.2 Å². The molecule has 134 valence electrons. The van der Waals surface area contributed by atoms with Crippen LogP contribution >= 0.6 is 11.3 Å². The number of nitrogens with two attached hydrogens (primary N) is 1. The van der Waals surface area contributed by atoms with Crippen LogP contribution in [0.25, 0.3) is 5.00 Å². The summed E-state index contributed by atoms with van der Waals surface area (Å²) in [5, 5.41) is 9.71. The Morgan fingerprint density at radius 3 is 2.73 bits per heavy atom. The highest BCUT2D eigenvalue weighted by Gasteiger charge is 2.30. The molecule has 12 heteroatoms. The molecular weight excluding hydrogens is 362 g/mol. The summed E-state index contributed by atoms with van der Waals surface area (Å²) in [6, 6.07) is 3.31. The van der Waals surface area contributed by atoms with E-state index in [1.54, 1.807) is 17.5 Å². The predicted molar refractivity (Wildman–Crippen MR) is 91.8 cm³/mol. The summed E-state index contributed by atoms with van der Waals surface area (Å²) >= 11 is 1.29. The van der Waals surface area contributed by atoms with Gasteiger partial charge in [0.1, 0.15) is 22.9 Å². The van der Waals surface area contributed by atoms with Crippen LogP contribution in [0.3, 0.4) is 0 Å². The van der Waals surface area contributed by atoms with Crippen molar-refractivity contribution in [3.8, 4) is 5.00 Å². The van der Waals surface area contributed by atoms with Crippen molar-refractivity contribution in [2.45, 2.75) is 25.4 Å². The Labute approximate surface area is 148 Å². The SMILES string of the molecule is Nc1c(C(=O)Cn2nnn(-c3cccs3)c2=O)c(=O)[nH]c(=O)n1C1CC1. The van der Waals surface area contributed by atoms with Gasteiger partial charge in [0.25, 0.3) is 5.56 Å². The summed E-state index contributed by atoms with van der Waals surface area (Å²) in [5.41, 5.74) is 3.40. The van der Waals surface area contributed by atoms with Gasteiger partial charge in [0.05, 0.1) is 0 Å². The Bertz CT molecular complexity index is 1160. The number of aromatic amines is 1. The fourth-order valence-corrected chi connectivity index (χ4v) is 3.32. The van der Waals surface area contributed by atoms with Crippen LogP contribution in [0.4, 0.5) is 5.82 Å². The van der Waals surface area contributed by atoms with E-state index in [9.17, 15) is 19.2 Å². The fraction of sp³-hybridized carbons (Fsp3) is 0.286. The Balaban J connectivity index is 1.70. The number of H-pyrrole nitrogens is 1. The summed E-state index contributed by atoms with van der Waals surface area (Å²) in [6.45, 7) is -0.514. The molecule has 3 aromatic heterocycles. The lowest BCUT2D eigenvalue weighted by atomic mass is 10.2. The maximum Gasteiger partial charge on any atom is 0.369 e. The number of tetrazole rings is 1. The first kappa shape index (κ1) is 16.2. The number of rotatable bonds is 5. The molecular formula is C14H13N7O4S. The highest BCUT2D eigenvalue weighted by molar-refractivity contribution is 7.12. The second-order valence-corrected chi connectivity index (χ2v) is 6.75. The van der Waals surface area contributed by atoms with E-state index in [1.807, 2.05) is 0 Å². The van der Waals surface area contributed by atoms with E-state index in [0.29, 0.717) is 5.00 Å². The molecule has 0 aromatic carbocycles. The van der Waals surface area contributed by atoms with Crippen LogP contribution in [-0.4, -0.2) is 35.1 Å². The second kappa shape index (κ2) is 5.91. The number of hydrogen-bond acceptors (Lipinski definition) is 8. The molecule has 4 rings (SSSR count). The van der Waals surface area contributed by atoms with E-state index in [0.717, 1.165) is 22.2 Å². The molecule has 0 saturated heterocycles. The van der Waals surface area contributed by atoms with Gasteiger partial charge in [0.2, 0.25) is 0 Å². The number of hydrogen-bond donors (Lipinski definition) is 2. The molecule has 26 heavy (non-hydrogen) atoms. The molecule has 3 heterocycles. The van der Waals surface area contributed by atoms with Gasteiger partial charge in [-0.3, -0.25) is 19.1 Å². The Hall–Kier alpha value is -3.28. The minimum atomic E-state index is -0.881. The van der Waals surface area contributed by atoms with Crippen LogP contribution in [0, 0.1) is 0 Å². The highest BCUT2D eigenvalue weighted by Crippen LogP contribution is 2.35. The minimum Gasteiger partial charge on any atom is -0.384 e. The van der Waals surface area contributed by atoms with Crippen molar-refractivity contribution in [1.29, 1.82) is 0 Å². The lowest BCUT2D eigenvalue weighted by Gasteiger charge is -2.10. The van der Waals surface area contributed by atoms with E-state index >= 15 is 0 Å². The molecule has 0 aliphatic heterocycles.